The molecule has 1 aliphatic rings. The summed E-state index contributed by atoms with van der Waals surface area (Å²) in [6.45, 7) is 0. The van der Waals surface area contributed by atoms with Crippen LogP contribution in [-0.2, 0) is 12.8 Å². The minimum atomic E-state index is -0.639. The van der Waals surface area contributed by atoms with Crippen LogP contribution in [0, 0.1) is 0 Å². The van der Waals surface area contributed by atoms with Crippen LogP contribution in [0.25, 0.3) is 10.8 Å². The van der Waals surface area contributed by atoms with Crippen molar-refractivity contribution in [3.8, 4) is 5.75 Å². The molecule has 0 spiro atoms. The van der Waals surface area contributed by atoms with Crippen LogP contribution in [0.5, 0.6) is 5.75 Å². The molecule has 3 aromatic carbocycles. The lowest BCUT2D eigenvalue weighted by Gasteiger charge is -2.16. The molecule has 4 rings (SSSR count). The number of aryl methyl sites for hydroxylation is 2. The molecule has 0 unspecified atom stereocenters. The summed E-state index contributed by atoms with van der Waals surface area (Å²) in [7, 11) is 1.64. The molecule has 0 radical (unpaired) electrons. The third-order valence-corrected chi connectivity index (χ3v) is 4.61. The molecule has 1 N–H and O–H groups in total. The van der Waals surface area contributed by atoms with Gasteiger partial charge in [0.2, 0.25) is 0 Å². The van der Waals surface area contributed by atoms with Gasteiger partial charge in [0.15, 0.2) is 0 Å². The first-order chi connectivity index (χ1) is 10.8. The van der Waals surface area contributed by atoms with Crippen LogP contribution in [0.15, 0.2) is 54.6 Å². The highest BCUT2D eigenvalue weighted by Crippen LogP contribution is 2.37. The van der Waals surface area contributed by atoms with E-state index in [4.69, 9.17) is 4.74 Å². The zero-order valence-corrected chi connectivity index (χ0v) is 12.5. The van der Waals surface area contributed by atoms with Crippen LogP contribution < -0.4 is 4.74 Å². The highest BCUT2D eigenvalue weighted by molar-refractivity contribution is 5.93. The molecule has 1 atom stereocenters. The summed E-state index contributed by atoms with van der Waals surface area (Å²) in [5, 5.41) is 13.4. The molecule has 2 heteroatoms. The largest absolute Gasteiger partial charge is 0.497 e. The Morgan fingerprint density at radius 3 is 2.55 bits per heavy atom. The maximum atomic E-state index is 10.9. The molecule has 0 saturated heterocycles. The first kappa shape index (κ1) is 13.4. The Bertz CT molecular complexity index is 841. The van der Waals surface area contributed by atoms with E-state index in [9.17, 15) is 5.11 Å². The normalized spacial score (nSPS) is 14.3. The average molecular weight is 290 g/mol. The monoisotopic (exact) mass is 290 g/mol. The maximum absolute atomic E-state index is 10.9. The Morgan fingerprint density at radius 2 is 1.73 bits per heavy atom. The molecule has 1 aliphatic carbocycles. The second kappa shape index (κ2) is 5.15. The predicted octanol–water partition coefficient (Wildman–Crippen LogP) is 4.03. The van der Waals surface area contributed by atoms with Crippen molar-refractivity contribution >= 4 is 10.8 Å². The Hall–Kier alpha value is -2.32. The van der Waals surface area contributed by atoms with Gasteiger partial charge in [-0.3, -0.25) is 0 Å². The third kappa shape index (κ3) is 1.99. The molecular weight excluding hydrogens is 272 g/mol. The van der Waals surface area contributed by atoms with Crippen molar-refractivity contribution in [1.29, 1.82) is 0 Å². The van der Waals surface area contributed by atoms with Crippen molar-refractivity contribution in [2.45, 2.75) is 18.9 Å². The molecule has 0 heterocycles. The van der Waals surface area contributed by atoms with Crippen LogP contribution in [0.3, 0.4) is 0 Å². The molecule has 0 saturated carbocycles. The second-order valence-electron chi connectivity index (χ2n) is 5.83. The van der Waals surface area contributed by atoms with Crippen LogP contribution in [0.2, 0.25) is 0 Å². The van der Waals surface area contributed by atoms with Gasteiger partial charge in [0, 0.05) is 0 Å². The standard InChI is InChI=1S/C20H18O2/c1-22-16-6-2-5-15(12-16)20(21)18-11-10-14-9-8-13-4-3-7-17(18)19(13)14/h2-7,10-12,20-21H,8-9H2,1H3/t20-/m0/s1. The smallest absolute Gasteiger partial charge is 0.119 e. The van der Waals surface area contributed by atoms with Gasteiger partial charge in [-0.15, -0.1) is 0 Å². The molecule has 110 valence electrons. The van der Waals surface area contributed by atoms with Gasteiger partial charge >= 0.3 is 0 Å². The summed E-state index contributed by atoms with van der Waals surface area (Å²) in [6, 6.07) is 18.3. The van der Waals surface area contributed by atoms with E-state index < -0.39 is 6.10 Å². The lowest BCUT2D eigenvalue weighted by atomic mass is 9.93. The summed E-state index contributed by atoms with van der Waals surface area (Å²) in [5.41, 5.74) is 4.62. The first-order valence-electron chi connectivity index (χ1n) is 7.63. The summed E-state index contributed by atoms with van der Waals surface area (Å²) < 4.78 is 5.27. The van der Waals surface area contributed by atoms with E-state index in [0.717, 1.165) is 29.7 Å². The van der Waals surface area contributed by atoms with Crippen molar-refractivity contribution < 1.29 is 9.84 Å². The quantitative estimate of drug-likeness (QED) is 0.789. The lowest BCUT2D eigenvalue weighted by Crippen LogP contribution is -2.01. The van der Waals surface area contributed by atoms with E-state index in [1.807, 2.05) is 24.3 Å². The molecule has 3 aromatic rings. The fourth-order valence-corrected chi connectivity index (χ4v) is 3.50. The first-order valence-corrected chi connectivity index (χ1v) is 7.63. The number of hydrogen-bond acceptors (Lipinski definition) is 2. The minimum absolute atomic E-state index is 0.639. The Morgan fingerprint density at radius 1 is 0.955 bits per heavy atom. The van der Waals surface area contributed by atoms with Crippen molar-refractivity contribution in [2.24, 2.45) is 0 Å². The third-order valence-electron chi connectivity index (χ3n) is 4.61. The van der Waals surface area contributed by atoms with E-state index in [2.05, 4.69) is 30.3 Å². The number of methoxy groups -OCH3 is 1. The minimum Gasteiger partial charge on any atom is -0.497 e. The Balaban J connectivity index is 1.87. The molecule has 22 heavy (non-hydrogen) atoms. The Labute approximate surface area is 130 Å². The topological polar surface area (TPSA) is 29.5 Å². The highest BCUT2D eigenvalue weighted by atomic mass is 16.5. The summed E-state index contributed by atoms with van der Waals surface area (Å²) >= 11 is 0. The predicted molar refractivity (Wildman–Crippen MR) is 88.4 cm³/mol. The van der Waals surface area contributed by atoms with Gasteiger partial charge in [0.25, 0.3) is 0 Å². The van der Waals surface area contributed by atoms with E-state index in [0.29, 0.717) is 0 Å². The van der Waals surface area contributed by atoms with E-state index in [1.165, 1.54) is 21.9 Å². The van der Waals surface area contributed by atoms with Crippen molar-refractivity contribution in [2.75, 3.05) is 7.11 Å². The van der Waals surface area contributed by atoms with Gasteiger partial charge in [0.1, 0.15) is 11.9 Å². The SMILES string of the molecule is COc1cccc([C@H](O)c2ccc3c4c(cccc24)CC3)c1. The highest BCUT2D eigenvalue weighted by Gasteiger charge is 2.20. The maximum Gasteiger partial charge on any atom is 0.119 e. The molecule has 0 aromatic heterocycles. The van der Waals surface area contributed by atoms with Gasteiger partial charge in [0.05, 0.1) is 7.11 Å². The Kier molecular flexibility index (Phi) is 3.12. The number of aliphatic hydroxyl groups is 1. The van der Waals surface area contributed by atoms with E-state index >= 15 is 0 Å². The van der Waals surface area contributed by atoms with Gasteiger partial charge in [-0.25, -0.2) is 0 Å². The summed E-state index contributed by atoms with van der Waals surface area (Å²) in [5.74, 6) is 0.766. The number of benzene rings is 3. The van der Waals surface area contributed by atoms with Crippen molar-refractivity contribution in [3.05, 3.63) is 76.9 Å². The van der Waals surface area contributed by atoms with Crippen LogP contribution in [0.1, 0.15) is 28.4 Å². The summed E-state index contributed by atoms with van der Waals surface area (Å²) in [4.78, 5) is 0. The molecule has 2 nitrogen and oxygen atoms in total. The lowest BCUT2D eigenvalue weighted by molar-refractivity contribution is 0.221. The van der Waals surface area contributed by atoms with Crippen LogP contribution >= 0.6 is 0 Å². The van der Waals surface area contributed by atoms with Gasteiger partial charge in [-0.1, -0.05) is 42.5 Å². The average Bonchev–Trinajstić information content (AvgIpc) is 3.00. The van der Waals surface area contributed by atoms with E-state index in [-0.39, 0.29) is 0 Å². The molecular formula is C20H18O2. The number of ether oxygens (including phenoxy) is 1. The van der Waals surface area contributed by atoms with Crippen LogP contribution in [-0.4, -0.2) is 12.2 Å². The number of aliphatic hydroxyl groups excluding tert-OH is 1. The second-order valence-corrected chi connectivity index (χ2v) is 5.83. The number of hydrogen-bond donors (Lipinski definition) is 1. The molecule has 0 bridgehead atoms. The fraction of sp³-hybridized carbons (Fsp3) is 0.200. The zero-order chi connectivity index (χ0) is 15.1. The van der Waals surface area contributed by atoms with Crippen molar-refractivity contribution in [3.63, 3.8) is 0 Å². The van der Waals surface area contributed by atoms with Crippen molar-refractivity contribution in [1.82, 2.24) is 0 Å². The van der Waals surface area contributed by atoms with Gasteiger partial charge in [-0.05, 0) is 58.0 Å². The van der Waals surface area contributed by atoms with Crippen LogP contribution in [0.4, 0.5) is 0 Å². The van der Waals surface area contributed by atoms with E-state index in [1.54, 1.807) is 7.11 Å². The summed E-state index contributed by atoms with van der Waals surface area (Å²) in [6.07, 6.45) is 1.57. The zero-order valence-electron chi connectivity index (χ0n) is 12.5. The molecule has 0 amide bonds. The molecule has 0 fully saturated rings. The van der Waals surface area contributed by atoms with Gasteiger partial charge < -0.3 is 9.84 Å². The fourth-order valence-electron chi connectivity index (χ4n) is 3.50. The van der Waals surface area contributed by atoms with Gasteiger partial charge in [-0.2, -0.15) is 0 Å². The number of rotatable bonds is 3. The molecule has 0 aliphatic heterocycles.